The second-order valence-corrected chi connectivity index (χ2v) is 5.34. The van der Waals surface area contributed by atoms with E-state index in [4.69, 9.17) is 4.74 Å². The van der Waals surface area contributed by atoms with Crippen LogP contribution in [0.5, 0.6) is 0 Å². The van der Waals surface area contributed by atoms with Crippen LogP contribution in [0.3, 0.4) is 0 Å². The molecule has 2 fully saturated rings. The van der Waals surface area contributed by atoms with Gasteiger partial charge >= 0.3 is 0 Å². The Labute approximate surface area is 75.1 Å². The summed E-state index contributed by atoms with van der Waals surface area (Å²) in [6.45, 7) is 4.69. The lowest BCUT2D eigenvalue weighted by Crippen LogP contribution is -2.45. The van der Waals surface area contributed by atoms with Crippen molar-refractivity contribution >= 4 is 15.9 Å². The number of halogens is 1. The third-order valence-electron chi connectivity index (χ3n) is 2.91. The molecule has 1 aliphatic carbocycles. The standard InChI is InChI=1S/C8H13BrO2/c1-5(2)8(10)7(9)3-6(7)4-11-8/h5-6,10H,3-4H2,1-2H3/t6-,7+,8-/m0/s1. The summed E-state index contributed by atoms with van der Waals surface area (Å²) in [5.41, 5.74) is 0. The maximum Gasteiger partial charge on any atom is 0.183 e. The van der Waals surface area contributed by atoms with Crippen molar-refractivity contribution in [2.45, 2.75) is 30.4 Å². The highest BCUT2D eigenvalue weighted by Gasteiger charge is 2.71. The molecular formula is C8H13BrO2. The zero-order valence-corrected chi connectivity index (χ0v) is 8.39. The molecular weight excluding hydrogens is 208 g/mol. The molecule has 3 heteroatoms. The first-order valence-corrected chi connectivity index (χ1v) is 4.85. The minimum Gasteiger partial charge on any atom is -0.364 e. The fraction of sp³-hybridized carbons (Fsp3) is 1.00. The lowest BCUT2D eigenvalue weighted by atomic mass is 9.98. The van der Waals surface area contributed by atoms with Crippen LogP contribution in [0.4, 0.5) is 0 Å². The minimum absolute atomic E-state index is 0.117. The van der Waals surface area contributed by atoms with E-state index in [2.05, 4.69) is 15.9 Å². The molecule has 3 atom stereocenters. The van der Waals surface area contributed by atoms with Gasteiger partial charge < -0.3 is 9.84 Å². The number of rotatable bonds is 1. The monoisotopic (exact) mass is 220 g/mol. The molecule has 2 aliphatic rings. The van der Waals surface area contributed by atoms with E-state index in [-0.39, 0.29) is 10.2 Å². The van der Waals surface area contributed by atoms with Crippen molar-refractivity contribution in [1.82, 2.24) is 0 Å². The quantitative estimate of drug-likeness (QED) is 0.680. The van der Waals surface area contributed by atoms with E-state index in [0.717, 1.165) is 6.42 Å². The van der Waals surface area contributed by atoms with E-state index in [1.807, 2.05) is 13.8 Å². The van der Waals surface area contributed by atoms with Crippen LogP contribution in [-0.2, 0) is 4.74 Å². The molecule has 11 heavy (non-hydrogen) atoms. The average molecular weight is 221 g/mol. The van der Waals surface area contributed by atoms with Gasteiger partial charge in [-0.3, -0.25) is 0 Å². The summed E-state index contributed by atoms with van der Waals surface area (Å²) in [5.74, 6) is -0.221. The molecule has 1 saturated carbocycles. The predicted octanol–water partition coefficient (Wildman–Crippen LogP) is 1.51. The van der Waals surface area contributed by atoms with Crippen LogP contribution < -0.4 is 0 Å². The summed E-state index contributed by atoms with van der Waals surface area (Å²) >= 11 is 3.56. The van der Waals surface area contributed by atoms with Crippen LogP contribution >= 0.6 is 15.9 Å². The van der Waals surface area contributed by atoms with Crippen molar-refractivity contribution in [3.63, 3.8) is 0 Å². The Morgan fingerprint density at radius 2 is 2.27 bits per heavy atom. The molecule has 0 spiro atoms. The second kappa shape index (κ2) is 2.01. The van der Waals surface area contributed by atoms with E-state index in [0.29, 0.717) is 12.5 Å². The molecule has 0 radical (unpaired) electrons. The largest absolute Gasteiger partial charge is 0.364 e. The van der Waals surface area contributed by atoms with Gasteiger partial charge in [-0.25, -0.2) is 0 Å². The van der Waals surface area contributed by atoms with Gasteiger partial charge in [0.2, 0.25) is 0 Å². The van der Waals surface area contributed by atoms with E-state index in [1.54, 1.807) is 0 Å². The van der Waals surface area contributed by atoms with Crippen molar-refractivity contribution in [2.75, 3.05) is 6.61 Å². The third kappa shape index (κ3) is 0.794. The van der Waals surface area contributed by atoms with Crippen LogP contribution in [0.15, 0.2) is 0 Å². The molecule has 1 N–H and O–H groups in total. The lowest BCUT2D eigenvalue weighted by Gasteiger charge is -2.32. The van der Waals surface area contributed by atoms with Crippen molar-refractivity contribution in [2.24, 2.45) is 11.8 Å². The molecule has 2 nitrogen and oxygen atoms in total. The number of fused-ring (bicyclic) bond motifs is 1. The van der Waals surface area contributed by atoms with Gasteiger partial charge in [0.1, 0.15) is 0 Å². The van der Waals surface area contributed by atoms with Gasteiger partial charge in [0.05, 0.1) is 10.9 Å². The highest BCUT2D eigenvalue weighted by atomic mass is 79.9. The Morgan fingerprint density at radius 3 is 2.45 bits per heavy atom. The first-order valence-electron chi connectivity index (χ1n) is 4.06. The number of hydrogen-bond acceptors (Lipinski definition) is 2. The fourth-order valence-corrected chi connectivity index (χ4v) is 3.02. The average Bonchev–Trinajstić information content (AvgIpc) is 2.52. The molecule has 1 saturated heterocycles. The van der Waals surface area contributed by atoms with Crippen molar-refractivity contribution in [3.05, 3.63) is 0 Å². The number of aliphatic hydroxyl groups is 1. The van der Waals surface area contributed by atoms with Crippen LogP contribution in [0.1, 0.15) is 20.3 Å². The fourth-order valence-electron chi connectivity index (χ4n) is 1.92. The predicted molar refractivity (Wildman–Crippen MR) is 45.5 cm³/mol. The van der Waals surface area contributed by atoms with Crippen LogP contribution in [-0.4, -0.2) is 21.8 Å². The maximum absolute atomic E-state index is 10.1. The highest BCUT2D eigenvalue weighted by molar-refractivity contribution is 9.10. The molecule has 0 amide bonds. The van der Waals surface area contributed by atoms with Crippen molar-refractivity contribution in [3.8, 4) is 0 Å². The number of alkyl halides is 1. The molecule has 0 aromatic heterocycles. The minimum atomic E-state index is -0.919. The third-order valence-corrected chi connectivity index (χ3v) is 4.45. The highest BCUT2D eigenvalue weighted by Crippen LogP contribution is 2.64. The normalized spacial score (nSPS) is 54.8. The number of hydrogen-bond donors (Lipinski definition) is 1. The Hall–Kier alpha value is 0.400. The molecule has 1 aliphatic heterocycles. The van der Waals surface area contributed by atoms with Gasteiger partial charge in [0.25, 0.3) is 0 Å². The Balaban J connectivity index is 2.26. The summed E-state index contributed by atoms with van der Waals surface area (Å²) in [6.07, 6.45) is 1.06. The van der Waals surface area contributed by atoms with E-state index in [9.17, 15) is 5.11 Å². The smallest absolute Gasteiger partial charge is 0.183 e. The van der Waals surface area contributed by atoms with Crippen LogP contribution in [0.25, 0.3) is 0 Å². The Morgan fingerprint density at radius 1 is 1.64 bits per heavy atom. The molecule has 0 bridgehead atoms. The SMILES string of the molecule is CC(C)[C@]1(O)OC[C@@H]2C[C@@]21Br. The van der Waals surface area contributed by atoms with Gasteiger partial charge in [0, 0.05) is 11.8 Å². The van der Waals surface area contributed by atoms with Gasteiger partial charge in [-0.2, -0.15) is 0 Å². The number of ether oxygens (including phenoxy) is 1. The van der Waals surface area contributed by atoms with Gasteiger partial charge in [-0.15, -0.1) is 0 Å². The summed E-state index contributed by atoms with van der Waals surface area (Å²) in [4.78, 5) is 0. The van der Waals surface area contributed by atoms with Crippen molar-refractivity contribution in [1.29, 1.82) is 0 Å². The topological polar surface area (TPSA) is 29.5 Å². The van der Waals surface area contributed by atoms with Crippen LogP contribution in [0.2, 0.25) is 0 Å². The Bertz CT molecular complexity index is 193. The van der Waals surface area contributed by atoms with Gasteiger partial charge in [0.15, 0.2) is 5.79 Å². The summed E-state index contributed by atoms with van der Waals surface area (Å²) in [5, 5.41) is 10.1. The second-order valence-electron chi connectivity index (χ2n) is 3.93. The molecule has 0 aromatic carbocycles. The molecule has 0 aromatic rings. The van der Waals surface area contributed by atoms with Gasteiger partial charge in [-0.1, -0.05) is 29.8 Å². The van der Waals surface area contributed by atoms with E-state index < -0.39 is 5.79 Å². The molecule has 1 heterocycles. The molecule has 64 valence electrons. The zero-order valence-electron chi connectivity index (χ0n) is 6.80. The van der Waals surface area contributed by atoms with Gasteiger partial charge in [-0.05, 0) is 6.42 Å². The summed E-state index contributed by atoms with van der Waals surface area (Å²) < 4.78 is 5.26. The van der Waals surface area contributed by atoms with E-state index in [1.165, 1.54) is 0 Å². The molecule has 0 unspecified atom stereocenters. The zero-order chi connectivity index (χ0) is 8.28. The van der Waals surface area contributed by atoms with Crippen LogP contribution in [0, 0.1) is 11.8 Å². The lowest BCUT2D eigenvalue weighted by molar-refractivity contribution is -0.211. The molecule has 2 rings (SSSR count). The first-order chi connectivity index (χ1) is 5.01. The van der Waals surface area contributed by atoms with Crippen molar-refractivity contribution < 1.29 is 9.84 Å². The Kier molecular flexibility index (Phi) is 1.46. The summed E-state index contributed by atoms with van der Waals surface area (Å²) in [7, 11) is 0. The maximum atomic E-state index is 10.1. The van der Waals surface area contributed by atoms with E-state index >= 15 is 0 Å². The first kappa shape index (κ1) is 8.02. The summed E-state index contributed by atoms with van der Waals surface area (Å²) in [6, 6.07) is 0.